The van der Waals surface area contributed by atoms with E-state index in [0.29, 0.717) is 22.8 Å². The van der Waals surface area contributed by atoms with E-state index in [9.17, 15) is 9.50 Å². The summed E-state index contributed by atoms with van der Waals surface area (Å²) in [5, 5.41) is 9.22. The van der Waals surface area contributed by atoms with Gasteiger partial charge >= 0.3 is 0 Å². The molecule has 2 aromatic rings. The van der Waals surface area contributed by atoms with Gasteiger partial charge in [-0.15, -0.1) is 0 Å². The molecule has 0 atom stereocenters. The largest absolute Gasteiger partial charge is 0.439 e. The van der Waals surface area contributed by atoms with Gasteiger partial charge in [0.2, 0.25) is 5.88 Å². The molecule has 0 amide bonds. The van der Waals surface area contributed by atoms with Gasteiger partial charge < -0.3 is 9.84 Å². The van der Waals surface area contributed by atoms with Crippen molar-refractivity contribution >= 4 is 15.9 Å². The lowest BCUT2D eigenvalue weighted by molar-refractivity contribution is 0.275. The quantitative estimate of drug-likeness (QED) is 0.942. The molecule has 0 fully saturated rings. The molecular formula is C13H11BrFNO2. The Hall–Kier alpha value is -1.46. The molecule has 1 heterocycles. The first-order valence-electron chi connectivity index (χ1n) is 5.29. The number of aromatic nitrogens is 1. The first kappa shape index (κ1) is 13.0. The lowest BCUT2D eigenvalue weighted by Crippen LogP contribution is -1.95. The summed E-state index contributed by atoms with van der Waals surface area (Å²) in [7, 11) is 0. The van der Waals surface area contributed by atoms with E-state index in [1.807, 2.05) is 0 Å². The molecule has 0 saturated carbocycles. The lowest BCUT2D eigenvalue weighted by atomic mass is 10.2. The molecule has 2 rings (SSSR count). The standard InChI is InChI=1S/C13H11BrFNO2/c1-8-4-11(2-3-12(8)15)18-13-9(7-17)5-10(14)6-16-13/h2-6,17H,7H2,1H3. The fourth-order valence-corrected chi connectivity index (χ4v) is 1.84. The van der Waals surface area contributed by atoms with Crippen molar-refractivity contribution < 1.29 is 14.2 Å². The number of aliphatic hydroxyl groups excluding tert-OH is 1. The van der Waals surface area contributed by atoms with Gasteiger partial charge in [-0.3, -0.25) is 0 Å². The highest BCUT2D eigenvalue weighted by Crippen LogP contribution is 2.26. The number of halogens is 2. The van der Waals surface area contributed by atoms with Crippen LogP contribution in [-0.2, 0) is 6.61 Å². The average Bonchev–Trinajstić information content (AvgIpc) is 2.36. The van der Waals surface area contributed by atoms with Gasteiger partial charge in [0.25, 0.3) is 0 Å². The lowest BCUT2D eigenvalue weighted by Gasteiger charge is -2.09. The van der Waals surface area contributed by atoms with Crippen molar-refractivity contribution in [1.29, 1.82) is 0 Å². The smallest absolute Gasteiger partial charge is 0.224 e. The maximum atomic E-state index is 13.1. The van der Waals surface area contributed by atoms with Gasteiger partial charge in [-0.1, -0.05) is 0 Å². The minimum absolute atomic E-state index is 0.179. The van der Waals surface area contributed by atoms with Gasteiger partial charge in [0.05, 0.1) is 6.61 Å². The van der Waals surface area contributed by atoms with Crippen molar-refractivity contribution in [2.75, 3.05) is 0 Å². The van der Waals surface area contributed by atoms with Crippen LogP contribution in [0.4, 0.5) is 4.39 Å². The predicted molar refractivity (Wildman–Crippen MR) is 69.1 cm³/mol. The number of ether oxygens (including phenoxy) is 1. The van der Waals surface area contributed by atoms with E-state index in [1.165, 1.54) is 12.1 Å². The zero-order valence-electron chi connectivity index (χ0n) is 9.65. The second-order valence-electron chi connectivity index (χ2n) is 3.79. The molecule has 0 aliphatic heterocycles. The first-order valence-corrected chi connectivity index (χ1v) is 6.08. The van der Waals surface area contributed by atoms with Crippen LogP contribution < -0.4 is 4.74 Å². The molecule has 0 saturated heterocycles. The Morgan fingerprint density at radius 3 is 2.83 bits per heavy atom. The van der Waals surface area contributed by atoms with E-state index in [-0.39, 0.29) is 12.4 Å². The van der Waals surface area contributed by atoms with Crippen LogP contribution >= 0.6 is 15.9 Å². The van der Waals surface area contributed by atoms with Crippen LogP contribution in [0.15, 0.2) is 34.9 Å². The van der Waals surface area contributed by atoms with E-state index < -0.39 is 0 Å². The van der Waals surface area contributed by atoms with Crippen molar-refractivity contribution in [1.82, 2.24) is 4.98 Å². The summed E-state index contributed by atoms with van der Waals surface area (Å²) in [5.41, 5.74) is 1.06. The molecule has 1 N–H and O–H groups in total. The monoisotopic (exact) mass is 311 g/mol. The minimum atomic E-state index is -0.284. The zero-order chi connectivity index (χ0) is 13.1. The summed E-state index contributed by atoms with van der Waals surface area (Å²) in [4.78, 5) is 4.07. The van der Waals surface area contributed by atoms with Crippen LogP contribution in [0.3, 0.4) is 0 Å². The summed E-state index contributed by atoms with van der Waals surface area (Å²) in [6.45, 7) is 1.48. The molecule has 18 heavy (non-hydrogen) atoms. The molecule has 5 heteroatoms. The predicted octanol–water partition coefficient (Wildman–Crippen LogP) is 3.58. The highest BCUT2D eigenvalue weighted by Gasteiger charge is 2.08. The van der Waals surface area contributed by atoms with Crippen LogP contribution in [0.1, 0.15) is 11.1 Å². The zero-order valence-corrected chi connectivity index (χ0v) is 11.2. The topological polar surface area (TPSA) is 42.4 Å². The summed E-state index contributed by atoms with van der Waals surface area (Å²) in [5.74, 6) is 0.513. The Morgan fingerprint density at radius 2 is 2.17 bits per heavy atom. The van der Waals surface area contributed by atoms with Gasteiger partial charge in [0.15, 0.2) is 0 Å². The van der Waals surface area contributed by atoms with Crippen LogP contribution in [0, 0.1) is 12.7 Å². The normalized spacial score (nSPS) is 10.4. The highest BCUT2D eigenvalue weighted by atomic mass is 79.9. The number of rotatable bonds is 3. The number of benzene rings is 1. The number of hydrogen-bond donors (Lipinski definition) is 1. The summed E-state index contributed by atoms with van der Waals surface area (Å²) < 4.78 is 19.4. The van der Waals surface area contributed by atoms with Gasteiger partial charge in [-0.05, 0) is 52.7 Å². The van der Waals surface area contributed by atoms with Crippen molar-refractivity contribution in [2.45, 2.75) is 13.5 Å². The molecule has 1 aromatic heterocycles. The Kier molecular flexibility index (Phi) is 3.93. The fourth-order valence-electron chi connectivity index (χ4n) is 1.47. The third-order valence-corrected chi connectivity index (χ3v) is 2.84. The summed E-state index contributed by atoms with van der Waals surface area (Å²) >= 11 is 3.26. The van der Waals surface area contributed by atoms with Gasteiger partial charge in [0.1, 0.15) is 11.6 Å². The van der Waals surface area contributed by atoms with E-state index in [4.69, 9.17) is 4.74 Å². The van der Waals surface area contributed by atoms with Crippen molar-refractivity contribution in [3.63, 3.8) is 0 Å². The number of hydrogen-bond acceptors (Lipinski definition) is 3. The van der Waals surface area contributed by atoms with Gasteiger partial charge in [-0.25, -0.2) is 9.37 Å². The molecule has 0 unspecified atom stereocenters. The van der Waals surface area contributed by atoms with E-state index in [2.05, 4.69) is 20.9 Å². The third-order valence-electron chi connectivity index (χ3n) is 2.41. The highest BCUT2D eigenvalue weighted by molar-refractivity contribution is 9.10. The Bertz CT molecular complexity index is 575. The summed E-state index contributed by atoms with van der Waals surface area (Å²) in [6.07, 6.45) is 1.57. The number of pyridine rings is 1. The van der Waals surface area contributed by atoms with Crippen molar-refractivity contribution in [3.05, 3.63) is 51.9 Å². The maximum absolute atomic E-state index is 13.1. The van der Waals surface area contributed by atoms with Crippen molar-refractivity contribution in [2.24, 2.45) is 0 Å². The molecular weight excluding hydrogens is 301 g/mol. The number of nitrogens with zero attached hydrogens (tertiary/aromatic N) is 1. The Morgan fingerprint density at radius 1 is 1.39 bits per heavy atom. The van der Waals surface area contributed by atoms with E-state index in [0.717, 1.165) is 4.47 Å². The van der Waals surface area contributed by atoms with E-state index >= 15 is 0 Å². The van der Waals surface area contributed by atoms with Crippen LogP contribution in [0.5, 0.6) is 11.6 Å². The molecule has 94 valence electrons. The van der Waals surface area contributed by atoms with Crippen LogP contribution in [-0.4, -0.2) is 10.1 Å². The van der Waals surface area contributed by atoms with Crippen LogP contribution in [0.2, 0.25) is 0 Å². The molecule has 3 nitrogen and oxygen atoms in total. The molecule has 0 spiro atoms. The average molecular weight is 312 g/mol. The molecule has 0 radical (unpaired) electrons. The van der Waals surface area contributed by atoms with E-state index in [1.54, 1.807) is 25.3 Å². The first-order chi connectivity index (χ1) is 8.60. The SMILES string of the molecule is Cc1cc(Oc2ncc(Br)cc2CO)ccc1F. The maximum Gasteiger partial charge on any atom is 0.224 e. The molecule has 0 bridgehead atoms. The van der Waals surface area contributed by atoms with Gasteiger partial charge in [0, 0.05) is 16.2 Å². The van der Waals surface area contributed by atoms with Crippen molar-refractivity contribution in [3.8, 4) is 11.6 Å². The fraction of sp³-hybridized carbons (Fsp3) is 0.154. The minimum Gasteiger partial charge on any atom is -0.439 e. The number of aryl methyl sites for hydroxylation is 1. The van der Waals surface area contributed by atoms with Crippen LogP contribution in [0.25, 0.3) is 0 Å². The molecule has 1 aromatic carbocycles. The Labute approximate surface area is 112 Å². The second kappa shape index (κ2) is 5.46. The third kappa shape index (κ3) is 2.86. The molecule has 0 aliphatic carbocycles. The second-order valence-corrected chi connectivity index (χ2v) is 4.70. The summed E-state index contributed by atoms with van der Waals surface area (Å²) in [6, 6.07) is 6.16. The van der Waals surface area contributed by atoms with Gasteiger partial charge in [-0.2, -0.15) is 0 Å². The number of aliphatic hydroxyl groups is 1. The molecule has 0 aliphatic rings. The Balaban J connectivity index is 2.30.